The second-order valence-corrected chi connectivity index (χ2v) is 23.2. The van der Waals surface area contributed by atoms with Crippen molar-refractivity contribution in [3.8, 4) is 38.1 Å². The lowest BCUT2D eigenvalue weighted by molar-refractivity contribution is -0.144. The first-order valence-electron chi connectivity index (χ1n) is 25.3. The summed E-state index contributed by atoms with van der Waals surface area (Å²) in [6.45, 7) is 18.2. The number of ketones is 1. The van der Waals surface area contributed by atoms with Gasteiger partial charge in [-0.2, -0.15) is 0 Å². The lowest BCUT2D eigenvalue weighted by Gasteiger charge is -2.35. The van der Waals surface area contributed by atoms with Crippen molar-refractivity contribution in [3.05, 3.63) is 119 Å². The van der Waals surface area contributed by atoms with E-state index in [2.05, 4.69) is 41.3 Å². The summed E-state index contributed by atoms with van der Waals surface area (Å²) < 4.78 is 6.98. The number of aromatic nitrogens is 1. The molecule has 3 heterocycles. The van der Waals surface area contributed by atoms with Gasteiger partial charge in [-0.05, 0) is 143 Å². The third-order valence-electron chi connectivity index (χ3n) is 13.6. The van der Waals surface area contributed by atoms with Gasteiger partial charge >= 0.3 is 0 Å². The van der Waals surface area contributed by atoms with Crippen LogP contribution in [0.1, 0.15) is 127 Å². The highest BCUT2D eigenvalue weighted by Gasteiger charge is 2.44. The van der Waals surface area contributed by atoms with Crippen molar-refractivity contribution in [1.82, 2.24) is 25.4 Å². The number of aromatic hydroxyl groups is 2. The molecule has 3 amide bonds. The van der Waals surface area contributed by atoms with Gasteiger partial charge < -0.3 is 35.6 Å². The number of fused-ring (bicyclic) bond motifs is 1. The van der Waals surface area contributed by atoms with Crippen LogP contribution in [0.3, 0.4) is 0 Å². The number of nitrogens with zero attached hydrogens (tertiary/aromatic N) is 3. The van der Waals surface area contributed by atoms with Gasteiger partial charge in [0.2, 0.25) is 17.7 Å². The van der Waals surface area contributed by atoms with Crippen LogP contribution in [0.5, 0.6) is 17.2 Å². The van der Waals surface area contributed by atoms with Gasteiger partial charge in [-0.3, -0.25) is 24.1 Å². The van der Waals surface area contributed by atoms with Gasteiger partial charge in [-0.25, -0.2) is 4.98 Å². The summed E-state index contributed by atoms with van der Waals surface area (Å²) in [6, 6.07) is 24.9. The number of hydrogen-bond acceptors (Lipinski definition) is 12. The Labute approximate surface area is 437 Å². The average Bonchev–Trinajstić information content (AvgIpc) is 4.07. The molecule has 1 saturated heterocycles. The molecule has 1 aliphatic heterocycles. The number of rotatable bonds is 21. The largest absolute Gasteiger partial charge is 0.508 e. The van der Waals surface area contributed by atoms with Crippen molar-refractivity contribution in [1.29, 1.82) is 0 Å². The van der Waals surface area contributed by atoms with Crippen LogP contribution >= 0.6 is 22.7 Å². The first-order chi connectivity index (χ1) is 34.7. The smallest absolute Gasteiger partial charge is 0.246 e. The predicted molar refractivity (Wildman–Crippen MR) is 291 cm³/mol. The Balaban J connectivity index is 0.836. The number of aliphatic hydroxyl groups is 1. The number of amides is 3. The van der Waals surface area contributed by atoms with E-state index in [9.17, 15) is 34.5 Å². The highest BCUT2D eigenvalue weighted by molar-refractivity contribution is 7.22. The van der Waals surface area contributed by atoms with E-state index in [1.54, 1.807) is 65.9 Å². The van der Waals surface area contributed by atoms with E-state index < -0.39 is 23.6 Å². The van der Waals surface area contributed by atoms with E-state index in [0.717, 1.165) is 74.5 Å². The summed E-state index contributed by atoms with van der Waals surface area (Å²) in [5.41, 5.74) is 5.91. The number of aliphatic hydroxyl groups excluding tert-OH is 1. The fraction of sp³-hybridized carbons (Fsp3) is 0.431. The zero-order valence-corrected chi connectivity index (χ0v) is 45.0. The van der Waals surface area contributed by atoms with Crippen molar-refractivity contribution in [3.63, 3.8) is 0 Å². The molecule has 388 valence electrons. The van der Waals surface area contributed by atoms with Crippen LogP contribution in [-0.4, -0.2) is 104 Å². The van der Waals surface area contributed by atoms with Gasteiger partial charge in [0.1, 0.15) is 35.9 Å². The van der Waals surface area contributed by atoms with Gasteiger partial charge in [0.15, 0.2) is 5.78 Å². The summed E-state index contributed by atoms with van der Waals surface area (Å²) >= 11 is 3.01. The highest BCUT2D eigenvalue weighted by Crippen LogP contribution is 2.42. The molecule has 0 spiro atoms. The third kappa shape index (κ3) is 13.9. The maximum atomic E-state index is 14.2. The minimum Gasteiger partial charge on any atom is -0.508 e. The number of thiophene rings is 1. The summed E-state index contributed by atoms with van der Waals surface area (Å²) in [6.07, 6.45) is 4.05. The highest BCUT2D eigenvalue weighted by atomic mass is 32.1. The number of phenolic OH excluding ortho intramolecular Hbond substituents is 2. The number of hydrogen-bond donors (Lipinski definition) is 5. The van der Waals surface area contributed by atoms with Crippen LogP contribution in [0.2, 0.25) is 0 Å². The second kappa shape index (κ2) is 23.8. The number of β-amino-alcohol motifs (C(OH)–C–C–N with tert-alkyl or cyclic N) is 1. The van der Waals surface area contributed by atoms with Crippen molar-refractivity contribution < 1.29 is 39.2 Å². The summed E-state index contributed by atoms with van der Waals surface area (Å²) in [5, 5.41) is 37.5. The second-order valence-electron chi connectivity index (χ2n) is 21.3. The number of unbranched alkanes of at least 4 members (excludes halogenated alkanes) is 4. The maximum absolute atomic E-state index is 14.2. The number of phenols is 2. The molecule has 15 heteroatoms. The Morgan fingerprint density at radius 2 is 1.45 bits per heavy atom. The Morgan fingerprint density at radius 1 is 0.808 bits per heavy atom. The molecule has 0 radical (unpaired) electrons. The standard InChI is InChI=1S/C58H71N5O8S2/c1-36(38-15-17-40(18-16-38)52-37(2)59-35-72-52)60-55(69)47-32-44(66)34-63(47)56(70)54(57(3,4)5)61-49(67)14-12-10-9-11-13-29-62(58(6,7)8)30-31-71-45-26-21-39(22-27-45)51(68)50-46-28-25-43(65)33-48(46)73-53(50)41-19-23-42(64)24-20-41/h15-28,33,35-36,44,47,54,64-66H,9-14,29-32,34H2,1-8H3,(H,60,69)(H,61,67)/t36-,44+,47-,54+/m0/s1. The lowest BCUT2D eigenvalue weighted by Crippen LogP contribution is -2.57. The van der Waals surface area contributed by atoms with Gasteiger partial charge in [0.05, 0.1) is 28.2 Å². The molecule has 1 fully saturated rings. The first-order valence-corrected chi connectivity index (χ1v) is 27.0. The van der Waals surface area contributed by atoms with E-state index in [-0.39, 0.29) is 66.0 Å². The number of carbonyl (C=O) groups excluding carboxylic acids is 4. The summed E-state index contributed by atoms with van der Waals surface area (Å²) in [5.74, 6) is -0.132. The molecule has 1 aliphatic rings. The van der Waals surface area contributed by atoms with E-state index in [1.165, 1.54) is 16.2 Å². The Morgan fingerprint density at radius 3 is 2.11 bits per heavy atom. The van der Waals surface area contributed by atoms with Gasteiger partial charge in [0.25, 0.3) is 0 Å². The molecule has 6 aromatic rings. The van der Waals surface area contributed by atoms with Gasteiger partial charge in [-0.15, -0.1) is 22.7 Å². The minimum absolute atomic E-state index is 0.0164. The number of likely N-dealkylation sites (tertiary alicyclic amines) is 1. The Hall–Kier alpha value is -6.13. The lowest BCUT2D eigenvalue weighted by atomic mass is 9.85. The summed E-state index contributed by atoms with van der Waals surface area (Å²) in [4.78, 5) is 65.4. The fourth-order valence-electron chi connectivity index (χ4n) is 9.40. The van der Waals surface area contributed by atoms with Gasteiger partial charge in [0, 0.05) is 57.6 Å². The van der Waals surface area contributed by atoms with Crippen LogP contribution in [-0.2, 0) is 14.4 Å². The molecule has 0 unspecified atom stereocenters. The molecule has 4 aromatic carbocycles. The van der Waals surface area contributed by atoms with Crippen LogP contribution in [0.25, 0.3) is 31.0 Å². The molecule has 4 atom stereocenters. The quantitative estimate of drug-likeness (QED) is 0.0344. The topological polar surface area (TPSA) is 182 Å². The first kappa shape index (κ1) is 54.6. The van der Waals surface area contributed by atoms with Crippen molar-refractivity contribution >= 4 is 56.3 Å². The van der Waals surface area contributed by atoms with Crippen LogP contribution in [0.4, 0.5) is 0 Å². The van der Waals surface area contributed by atoms with E-state index in [4.69, 9.17) is 4.74 Å². The predicted octanol–water partition coefficient (Wildman–Crippen LogP) is 10.8. The molecule has 13 nitrogen and oxygen atoms in total. The number of benzene rings is 4. The minimum atomic E-state index is -0.876. The van der Waals surface area contributed by atoms with E-state index in [0.29, 0.717) is 36.4 Å². The molecular formula is C58H71N5O8S2. The molecule has 2 aromatic heterocycles. The van der Waals surface area contributed by atoms with Crippen molar-refractivity contribution in [2.75, 3.05) is 26.2 Å². The normalized spacial score (nSPS) is 15.9. The number of ether oxygens (including phenoxy) is 1. The SMILES string of the molecule is Cc1ncsc1-c1ccc([C@H](C)NC(=O)[C@@H]2C[C@@H](O)CN2C(=O)[C@@H](NC(=O)CCCCCCCN(CCOc2ccc(C(=O)c3c(-c4ccc(O)cc4)sc4cc(O)ccc34)cc2)C(C)(C)C)C(C)(C)C)cc1. The van der Waals surface area contributed by atoms with Crippen LogP contribution in [0.15, 0.2) is 96.5 Å². The zero-order chi connectivity index (χ0) is 52.6. The Bertz CT molecular complexity index is 2850. The number of aryl methyl sites for hydroxylation is 1. The maximum Gasteiger partial charge on any atom is 0.246 e. The monoisotopic (exact) mass is 1030 g/mol. The molecule has 0 aliphatic carbocycles. The zero-order valence-electron chi connectivity index (χ0n) is 43.4. The van der Waals surface area contributed by atoms with Crippen LogP contribution < -0.4 is 15.4 Å². The van der Waals surface area contributed by atoms with Crippen molar-refractivity contribution in [2.45, 2.75) is 130 Å². The Kier molecular flexibility index (Phi) is 17.8. The third-order valence-corrected chi connectivity index (χ3v) is 15.8. The van der Waals surface area contributed by atoms with Gasteiger partial charge in [-0.1, -0.05) is 64.3 Å². The molecule has 0 saturated carbocycles. The van der Waals surface area contributed by atoms with Crippen molar-refractivity contribution in [2.24, 2.45) is 5.41 Å². The average molecular weight is 1030 g/mol. The van der Waals surface area contributed by atoms with E-state index >= 15 is 0 Å². The molecule has 5 N–H and O–H groups in total. The summed E-state index contributed by atoms with van der Waals surface area (Å²) in [7, 11) is 0. The molecule has 7 rings (SSSR count). The number of carbonyl (C=O) groups is 4. The van der Waals surface area contributed by atoms with E-state index in [1.807, 2.05) is 76.5 Å². The van der Waals surface area contributed by atoms with Crippen LogP contribution in [0, 0.1) is 12.3 Å². The number of nitrogens with one attached hydrogen (secondary N) is 2. The molecule has 0 bridgehead atoms. The molecule has 73 heavy (non-hydrogen) atoms. The molecular weight excluding hydrogens is 959 g/mol. The fourth-order valence-corrected chi connectivity index (χ4v) is 11.4. The number of thiazole rings is 1.